The van der Waals surface area contributed by atoms with Gasteiger partial charge in [0.2, 0.25) is 11.2 Å². The number of carbonyl (C=O) groups is 1. The van der Waals surface area contributed by atoms with Crippen LogP contribution in [0.25, 0.3) is 5.69 Å². The van der Waals surface area contributed by atoms with Crippen LogP contribution in [-0.4, -0.2) is 22.6 Å². The molecular formula is C16H14F3N3O2. The Morgan fingerprint density at radius 1 is 1.25 bits per heavy atom. The van der Waals surface area contributed by atoms with Crippen LogP contribution >= 0.6 is 0 Å². The van der Waals surface area contributed by atoms with E-state index in [-0.39, 0.29) is 11.3 Å². The van der Waals surface area contributed by atoms with Crippen LogP contribution in [0.5, 0.6) is 0 Å². The number of Topliss-reactive ketones (excluding diaryl/α,β-unsaturated/α-hetero) is 1. The lowest BCUT2D eigenvalue weighted by molar-refractivity contribution is -0.137. The molecule has 0 amide bonds. The van der Waals surface area contributed by atoms with Gasteiger partial charge in [0.15, 0.2) is 5.69 Å². The van der Waals surface area contributed by atoms with E-state index in [4.69, 9.17) is 0 Å². The minimum Gasteiger partial charge on any atom is -0.394 e. The molecule has 1 N–H and O–H groups in total. The lowest BCUT2D eigenvalue weighted by Crippen LogP contribution is -2.23. The van der Waals surface area contributed by atoms with Crippen LogP contribution in [0, 0.1) is 0 Å². The number of ketones is 1. The van der Waals surface area contributed by atoms with Crippen LogP contribution in [-0.2, 0) is 6.18 Å². The zero-order valence-electron chi connectivity index (χ0n) is 12.9. The van der Waals surface area contributed by atoms with Crippen LogP contribution in [0.2, 0.25) is 0 Å². The number of hydrogen-bond acceptors (Lipinski definition) is 4. The predicted molar refractivity (Wildman–Crippen MR) is 82.0 cm³/mol. The van der Waals surface area contributed by atoms with Crippen LogP contribution < -0.4 is 10.7 Å². The predicted octanol–water partition coefficient (Wildman–Crippen LogP) is 2.56. The van der Waals surface area contributed by atoms with Crippen molar-refractivity contribution in [1.82, 2.24) is 15.1 Å². The molecule has 0 aliphatic heterocycles. The number of alkyl halides is 3. The molecule has 24 heavy (non-hydrogen) atoms. The van der Waals surface area contributed by atoms with Gasteiger partial charge in [0.25, 0.3) is 0 Å². The molecule has 1 heterocycles. The van der Waals surface area contributed by atoms with E-state index in [1.807, 2.05) is 0 Å². The van der Waals surface area contributed by atoms with Gasteiger partial charge in [-0.05, 0) is 19.1 Å². The van der Waals surface area contributed by atoms with E-state index < -0.39 is 28.6 Å². The number of rotatable bonds is 4. The first-order valence-electron chi connectivity index (χ1n) is 6.91. The summed E-state index contributed by atoms with van der Waals surface area (Å²) in [5, 5.41) is 6.45. The second-order valence-corrected chi connectivity index (χ2v) is 4.93. The maximum atomic E-state index is 13.1. The van der Waals surface area contributed by atoms with Gasteiger partial charge >= 0.3 is 6.18 Å². The summed E-state index contributed by atoms with van der Waals surface area (Å²) in [6.45, 7) is 1.47. The maximum Gasteiger partial charge on any atom is 0.418 e. The molecule has 0 spiro atoms. The standard InChI is InChI=1S/C16H14F3N3O2/c1-10(9-20-2)15(24)14-13(23)7-8-22(21-14)12-6-4-3-5-11(12)16(17,18)19/h3-9,20H,1-2H3/b10-9+. The topological polar surface area (TPSA) is 64.0 Å². The average molecular weight is 337 g/mol. The highest BCUT2D eigenvalue weighted by Gasteiger charge is 2.34. The van der Waals surface area contributed by atoms with E-state index in [9.17, 15) is 22.8 Å². The number of para-hydroxylation sites is 1. The van der Waals surface area contributed by atoms with Crippen molar-refractivity contribution in [3.63, 3.8) is 0 Å². The first kappa shape index (κ1) is 17.5. The number of halogens is 3. The Kier molecular flexibility index (Phi) is 4.87. The number of nitrogens with one attached hydrogen (secondary N) is 1. The van der Waals surface area contributed by atoms with Crippen LogP contribution in [0.1, 0.15) is 23.0 Å². The van der Waals surface area contributed by atoms with Gasteiger partial charge in [0.1, 0.15) is 0 Å². The third-order valence-electron chi connectivity index (χ3n) is 3.20. The van der Waals surface area contributed by atoms with Crippen molar-refractivity contribution in [1.29, 1.82) is 0 Å². The van der Waals surface area contributed by atoms with E-state index in [1.165, 1.54) is 31.3 Å². The summed E-state index contributed by atoms with van der Waals surface area (Å²) in [7, 11) is 1.58. The van der Waals surface area contributed by atoms with E-state index in [0.717, 1.165) is 23.0 Å². The number of hydrogen-bond donors (Lipinski definition) is 1. The summed E-state index contributed by atoms with van der Waals surface area (Å²) >= 11 is 0. The van der Waals surface area contributed by atoms with Crippen molar-refractivity contribution in [2.75, 3.05) is 7.05 Å². The first-order chi connectivity index (χ1) is 11.3. The van der Waals surface area contributed by atoms with Gasteiger partial charge in [-0.3, -0.25) is 9.59 Å². The Bertz CT molecular complexity index is 854. The Morgan fingerprint density at radius 3 is 2.54 bits per heavy atom. The summed E-state index contributed by atoms with van der Waals surface area (Å²) in [5.74, 6) is -0.659. The molecule has 1 aromatic carbocycles. The van der Waals surface area contributed by atoms with Crippen LogP contribution in [0.15, 0.2) is 53.1 Å². The SMILES string of the molecule is CN/C=C(\C)C(=O)c1nn(-c2ccccc2C(F)(F)F)ccc1=O. The van der Waals surface area contributed by atoms with Crippen molar-refractivity contribution >= 4 is 5.78 Å². The van der Waals surface area contributed by atoms with E-state index >= 15 is 0 Å². The fourth-order valence-electron chi connectivity index (χ4n) is 2.08. The molecular weight excluding hydrogens is 323 g/mol. The van der Waals surface area contributed by atoms with Gasteiger partial charge in [-0.1, -0.05) is 12.1 Å². The molecule has 0 bridgehead atoms. The Morgan fingerprint density at radius 2 is 1.92 bits per heavy atom. The Labute approximate surface area is 135 Å². The molecule has 2 rings (SSSR count). The highest BCUT2D eigenvalue weighted by atomic mass is 19.4. The second kappa shape index (κ2) is 6.69. The summed E-state index contributed by atoms with van der Waals surface area (Å²) in [5.41, 5.74) is -2.08. The van der Waals surface area contributed by atoms with Crippen molar-refractivity contribution < 1.29 is 18.0 Å². The van der Waals surface area contributed by atoms with Crippen LogP contribution in [0.4, 0.5) is 13.2 Å². The summed E-state index contributed by atoms with van der Waals surface area (Å²) in [6.07, 6.45) is -2.11. The first-order valence-corrected chi connectivity index (χ1v) is 6.91. The minimum absolute atomic E-state index is 0.212. The lowest BCUT2D eigenvalue weighted by Gasteiger charge is -2.14. The fraction of sp³-hybridized carbons (Fsp3) is 0.188. The molecule has 0 aliphatic carbocycles. The second-order valence-electron chi connectivity index (χ2n) is 4.93. The van der Waals surface area contributed by atoms with E-state index in [1.54, 1.807) is 7.05 Å². The fourth-order valence-corrected chi connectivity index (χ4v) is 2.08. The Hall–Kier alpha value is -2.90. The summed E-state index contributed by atoms with van der Waals surface area (Å²) < 4.78 is 40.2. The van der Waals surface area contributed by atoms with Crippen molar-refractivity contribution in [2.24, 2.45) is 0 Å². The van der Waals surface area contributed by atoms with Crippen LogP contribution in [0.3, 0.4) is 0 Å². The zero-order valence-corrected chi connectivity index (χ0v) is 12.9. The van der Waals surface area contributed by atoms with Gasteiger partial charge in [0.05, 0.1) is 11.3 Å². The van der Waals surface area contributed by atoms with Crippen molar-refractivity contribution in [3.8, 4) is 5.69 Å². The number of benzene rings is 1. The summed E-state index contributed by atoms with van der Waals surface area (Å²) in [6, 6.07) is 5.80. The smallest absolute Gasteiger partial charge is 0.394 e. The van der Waals surface area contributed by atoms with Gasteiger partial charge in [-0.2, -0.15) is 18.3 Å². The minimum atomic E-state index is -4.59. The molecule has 5 nitrogen and oxygen atoms in total. The molecule has 0 atom stereocenters. The molecule has 126 valence electrons. The normalized spacial score (nSPS) is 12.1. The number of allylic oxidation sites excluding steroid dienone is 1. The van der Waals surface area contributed by atoms with E-state index in [2.05, 4.69) is 10.4 Å². The maximum absolute atomic E-state index is 13.1. The molecule has 0 fully saturated rings. The number of aromatic nitrogens is 2. The van der Waals surface area contributed by atoms with Gasteiger partial charge in [0, 0.05) is 31.1 Å². The highest BCUT2D eigenvalue weighted by Crippen LogP contribution is 2.33. The Balaban J connectivity index is 2.61. The highest BCUT2D eigenvalue weighted by molar-refractivity contribution is 6.06. The molecule has 8 heteroatoms. The third kappa shape index (κ3) is 3.53. The molecule has 0 saturated heterocycles. The molecule has 2 aromatic rings. The molecule has 0 radical (unpaired) electrons. The molecule has 1 aromatic heterocycles. The monoisotopic (exact) mass is 337 g/mol. The number of carbonyl (C=O) groups excluding carboxylic acids is 1. The van der Waals surface area contributed by atoms with Crippen molar-refractivity contribution in [3.05, 3.63) is 69.8 Å². The lowest BCUT2D eigenvalue weighted by atomic mass is 10.1. The number of nitrogens with zero attached hydrogens (tertiary/aromatic N) is 2. The largest absolute Gasteiger partial charge is 0.418 e. The third-order valence-corrected chi connectivity index (χ3v) is 3.20. The quantitative estimate of drug-likeness (QED) is 0.688. The molecule has 0 aliphatic rings. The van der Waals surface area contributed by atoms with Gasteiger partial charge in [-0.15, -0.1) is 0 Å². The van der Waals surface area contributed by atoms with Gasteiger partial charge < -0.3 is 5.32 Å². The average Bonchev–Trinajstić information content (AvgIpc) is 2.54. The van der Waals surface area contributed by atoms with Crippen molar-refractivity contribution in [2.45, 2.75) is 13.1 Å². The summed E-state index contributed by atoms with van der Waals surface area (Å²) in [4.78, 5) is 24.1. The zero-order chi connectivity index (χ0) is 17.9. The molecule has 0 unspecified atom stereocenters. The van der Waals surface area contributed by atoms with E-state index in [0.29, 0.717) is 0 Å². The molecule has 0 saturated carbocycles. The van der Waals surface area contributed by atoms with Gasteiger partial charge in [-0.25, -0.2) is 4.68 Å².